The number of nitrogens with zero attached hydrogens (tertiary/aromatic N) is 3. The van der Waals surface area contributed by atoms with Crippen molar-refractivity contribution in [3.05, 3.63) is 77.2 Å². The molecule has 3 nitrogen and oxygen atoms in total. The predicted molar refractivity (Wildman–Crippen MR) is 94.0 cm³/mol. The molecule has 0 saturated carbocycles. The molecule has 4 aromatic rings. The van der Waals surface area contributed by atoms with Crippen LogP contribution in [0.2, 0.25) is 5.02 Å². The lowest BCUT2D eigenvalue weighted by Gasteiger charge is -2.06. The van der Waals surface area contributed by atoms with Gasteiger partial charge in [-0.25, -0.2) is 14.1 Å². The maximum absolute atomic E-state index is 13.5. The molecule has 0 saturated heterocycles. The summed E-state index contributed by atoms with van der Waals surface area (Å²) in [6.45, 7) is 1.74. The fraction of sp³-hybridized carbons (Fsp3) is 0.0526. The van der Waals surface area contributed by atoms with Gasteiger partial charge in [0, 0.05) is 10.6 Å². The molecule has 0 bridgehead atoms. The first-order valence-corrected chi connectivity index (χ1v) is 7.87. The Morgan fingerprint density at radius 2 is 1.92 bits per heavy atom. The van der Waals surface area contributed by atoms with Gasteiger partial charge in [-0.2, -0.15) is 5.10 Å². The molecule has 0 N–H and O–H groups in total. The van der Waals surface area contributed by atoms with Crippen LogP contribution >= 0.6 is 11.6 Å². The van der Waals surface area contributed by atoms with Crippen LogP contribution in [0.3, 0.4) is 0 Å². The van der Waals surface area contributed by atoms with E-state index in [1.807, 2.05) is 36.4 Å². The van der Waals surface area contributed by atoms with Crippen molar-refractivity contribution in [1.82, 2.24) is 14.8 Å². The molecule has 2 aromatic carbocycles. The summed E-state index contributed by atoms with van der Waals surface area (Å²) in [5, 5.41) is 5.07. The zero-order chi connectivity index (χ0) is 16.7. The van der Waals surface area contributed by atoms with Crippen LogP contribution in [0.5, 0.6) is 0 Å². The maximum atomic E-state index is 13.5. The summed E-state index contributed by atoms with van der Waals surface area (Å²) in [4.78, 5) is 4.66. The molecular formula is C19H13ClFN3. The largest absolute Gasteiger partial charge is 0.244 e. The highest BCUT2D eigenvalue weighted by Crippen LogP contribution is 2.25. The molecule has 0 amide bonds. The maximum Gasteiger partial charge on any atom is 0.126 e. The SMILES string of the molecule is Cc1cc(-n2ncc3nc(-c4cccc(Cl)c4)ccc32)ccc1F. The lowest BCUT2D eigenvalue weighted by molar-refractivity contribution is 0.617. The van der Waals surface area contributed by atoms with Gasteiger partial charge in [0.1, 0.15) is 11.3 Å². The minimum absolute atomic E-state index is 0.225. The summed E-state index contributed by atoms with van der Waals surface area (Å²) >= 11 is 6.05. The van der Waals surface area contributed by atoms with Crippen LogP contribution < -0.4 is 0 Å². The van der Waals surface area contributed by atoms with Crippen molar-refractivity contribution in [3.63, 3.8) is 0 Å². The van der Waals surface area contributed by atoms with Gasteiger partial charge in [0.05, 0.1) is 23.1 Å². The van der Waals surface area contributed by atoms with Crippen molar-refractivity contribution in [3.8, 4) is 16.9 Å². The number of halogens is 2. The quantitative estimate of drug-likeness (QED) is 0.504. The number of aryl methyl sites for hydroxylation is 1. The van der Waals surface area contributed by atoms with E-state index in [9.17, 15) is 4.39 Å². The monoisotopic (exact) mass is 337 g/mol. The molecule has 0 atom stereocenters. The Hall–Kier alpha value is -2.72. The van der Waals surface area contributed by atoms with E-state index in [4.69, 9.17) is 11.6 Å². The molecule has 0 fully saturated rings. The fourth-order valence-corrected chi connectivity index (χ4v) is 2.88. The van der Waals surface area contributed by atoms with E-state index >= 15 is 0 Å². The normalized spacial score (nSPS) is 11.1. The second kappa shape index (κ2) is 5.73. The van der Waals surface area contributed by atoms with Crippen LogP contribution in [-0.4, -0.2) is 14.8 Å². The van der Waals surface area contributed by atoms with E-state index in [-0.39, 0.29) is 5.82 Å². The van der Waals surface area contributed by atoms with Crippen molar-refractivity contribution >= 4 is 22.6 Å². The third kappa shape index (κ3) is 2.55. The summed E-state index contributed by atoms with van der Waals surface area (Å²) in [5.74, 6) is -0.225. The Balaban J connectivity index is 1.82. The first-order chi connectivity index (χ1) is 11.6. The topological polar surface area (TPSA) is 30.7 Å². The van der Waals surface area contributed by atoms with Gasteiger partial charge in [-0.15, -0.1) is 0 Å². The van der Waals surface area contributed by atoms with Crippen molar-refractivity contribution < 1.29 is 4.39 Å². The predicted octanol–water partition coefficient (Wildman–Crippen LogP) is 5.19. The molecule has 0 unspecified atom stereocenters. The molecule has 0 aliphatic carbocycles. The molecule has 118 valence electrons. The second-order valence-electron chi connectivity index (χ2n) is 5.60. The summed E-state index contributed by atoms with van der Waals surface area (Å²) in [6, 6.07) is 16.4. The first-order valence-electron chi connectivity index (χ1n) is 7.49. The summed E-state index contributed by atoms with van der Waals surface area (Å²) < 4.78 is 15.2. The van der Waals surface area contributed by atoms with Gasteiger partial charge in [0.2, 0.25) is 0 Å². The van der Waals surface area contributed by atoms with E-state index in [0.29, 0.717) is 10.6 Å². The Morgan fingerprint density at radius 3 is 2.71 bits per heavy atom. The highest BCUT2D eigenvalue weighted by molar-refractivity contribution is 6.30. The van der Waals surface area contributed by atoms with Gasteiger partial charge >= 0.3 is 0 Å². The molecule has 0 aliphatic heterocycles. The molecule has 0 spiro atoms. The van der Waals surface area contributed by atoms with Gasteiger partial charge < -0.3 is 0 Å². The molecule has 4 rings (SSSR count). The number of aromatic nitrogens is 3. The number of rotatable bonds is 2. The lowest BCUT2D eigenvalue weighted by Crippen LogP contribution is -1.97. The van der Waals surface area contributed by atoms with E-state index in [2.05, 4.69) is 10.1 Å². The minimum atomic E-state index is -0.225. The second-order valence-corrected chi connectivity index (χ2v) is 6.04. The van der Waals surface area contributed by atoms with E-state index in [0.717, 1.165) is 28.0 Å². The van der Waals surface area contributed by atoms with Crippen LogP contribution in [0.1, 0.15) is 5.56 Å². The molecule has 2 heterocycles. The smallest absolute Gasteiger partial charge is 0.126 e. The fourth-order valence-electron chi connectivity index (χ4n) is 2.69. The molecule has 5 heteroatoms. The Bertz CT molecular complexity index is 1060. The minimum Gasteiger partial charge on any atom is -0.244 e. The Morgan fingerprint density at radius 1 is 1.04 bits per heavy atom. The molecular weight excluding hydrogens is 325 g/mol. The number of pyridine rings is 1. The van der Waals surface area contributed by atoms with Crippen molar-refractivity contribution in [1.29, 1.82) is 0 Å². The zero-order valence-corrected chi connectivity index (χ0v) is 13.6. The zero-order valence-electron chi connectivity index (χ0n) is 12.9. The average molecular weight is 338 g/mol. The van der Waals surface area contributed by atoms with Crippen LogP contribution in [0, 0.1) is 12.7 Å². The average Bonchev–Trinajstić information content (AvgIpc) is 3.00. The third-order valence-electron chi connectivity index (χ3n) is 3.93. The highest BCUT2D eigenvalue weighted by Gasteiger charge is 2.09. The van der Waals surface area contributed by atoms with Crippen LogP contribution in [0.25, 0.3) is 28.0 Å². The first kappa shape index (κ1) is 14.8. The van der Waals surface area contributed by atoms with E-state index in [1.165, 1.54) is 6.07 Å². The third-order valence-corrected chi connectivity index (χ3v) is 4.17. The van der Waals surface area contributed by atoms with Crippen LogP contribution in [0.15, 0.2) is 60.8 Å². The van der Waals surface area contributed by atoms with Crippen LogP contribution in [-0.2, 0) is 0 Å². The molecule has 0 aliphatic rings. The summed E-state index contributed by atoms with van der Waals surface area (Å²) in [7, 11) is 0. The summed E-state index contributed by atoms with van der Waals surface area (Å²) in [5.41, 5.74) is 4.82. The number of hydrogen-bond acceptors (Lipinski definition) is 2. The van der Waals surface area contributed by atoms with E-state index < -0.39 is 0 Å². The van der Waals surface area contributed by atoms with Gasteiger partial charge in [-0.1, -0.05) is 23.7 Å². The Labute approximate surface area is 143 Å². The van der Waals surface area contributed by atoms with Gasteiger partial charge in [-0.3, -0.25) is 0 Å². The van der Waals surface area contributed by atoms with Gasteiger partial charge in [-0.05, 0) is 55.0 Å². The number of hydrogen-bond donors (Lipinski definition) is 0. The summed E-state index contributed by atoms with van der Waals surface area (Å²) in [6.07, 6.45) is 1.71. The van der Waals surface area contributed by atoms with Crippen LogP contribution in [0.4, 0.5) is 4.39 Å². The molecule has 0 radical (unpaired) electrons. The van der Waals surface area contributed by atoms with Crippen molar-refractivity contribution in [2.24, 2.45) is 0 Å². The highest BCUT2D eigenvalue weighted by atomic mass is 35.5. The molecule has 24 heavy (non-hydrogen) atoms. The van der Waals surface area contributed by atoms with E-state index in [1.54, 1.807) is 29.9 Å². The number of benzene rings is 2. The van der Waals surface area contributed by atoms with Gasteiger partial charge in [0.25, 0.3) is 0 Å². The van der Waals surface area contributed by atoms with Crippen molar-refractivity contribution in [2.75, 3.05) is 0 Å². The Kier molecular flexibility index (Phi) is 3.54. The standard InChI is InChI=1S/C19H13ClFN3/c1-12-9-15(5-6-16(12)21)24-19-8-7-17(23-18(19)11-22-24)13-3-2-4-14(20)10-13/h2-11H,1H3. The molecule has 2 aromatic heterocycles. The number of fused-ring (bicyclic) bond motifs is 1. The van der Waals surface area contributed by atoms with Crippen molar-refractivity contribution in [2.45, 2.75) is 6.92 Å². The van der Waals surface area contributed by atoms with Gasteiger partial charge in [0.15, 0.2) is 0 Å². The lowest BCUT2D eigenvalue weighted by atomic mass is 10.1.